The zero-order valence-electron chi connectivity index (χ0n) is 13.2. The summed E-state index contributed by atoms with van der Waals surface area (Å²) in [6, 6.07) is 0. The van der Waals surface area contributed by atoms with Gasteiger partial charge in [0.05, 0.1) is 5.92 Å². The Morgan fingerprint density at radius 1 is 0.857 bits per heavy atom. The summed E-state index contributed by atoms with van der Waals surface area (Å²) < 4.78 is 0. The fourth-order valence-electron chi connectivity index (χ4n) is 3.83. The van der Waals surface area contributed by atoms with Crippen LogP contribution in [0.25, 0.3) is 0 Å². The predicted molar refractivity (Wildman–Crippen MR) is 81.6 cm³/mol. The standard InChI is InChI=1S/C17H28N2O2/c1-13-11-15(13)17(21)19-10-6-7-14(12-19)16(20)18-8-4-2-3-5-9-18/h13-15H,2-12H2,1H3/t13-,14-,15+/m1/s1. The van der Waals surface area contributed by atoms with Gasteiger partial charge in [0.2, 0.25) is 11.8 Å². The number of nitrogens with zero attached hydrogens (tertiary/aromatic N) is 2. The van der Waals surface area contributed by atoms with Crippen molar-refractivity contribution in [3.63, 3.8) is 0 Å². The molecule has 1 aliphatic carbocycles. The van der Waals surface area contributed by atoms with E-state index in [9.17, 15) is 9.59 Å². The van der Waals surface area contributed by atoms with Crippen LogP contribution in [0.2, 0.25) is 0 Å². The van der Waals surface area contributed by atoms with E-state index in [1.54, 1.807) is 0 Å². The Hall–Kier alpha value is -1.06. The molecule has 0 radical (unpaired) electrons. The second-order valence-electron chi connectivity index (χ2n) is 7.18. The molecule has 0 aromatic heterocycles. The van der Waals surface area contributed by atoms with Gasteiger partial charge in [0.15, 0.2) is 0 Å². The van der Waals surface area contributed by atoms with E-state index in [1.165, 1.54) is 12.8 Å². The second kappa shape index (κ2) is 6.37. The van der Waals surface area contributed by atoms with E-state index in [0.717, 1.165) is 51.7 Å². The van der Waals surface area contributed by atoms with E-state index in [4.69, 9.17) is 0 Å². The van der Waals surface area contributed by atoms with Crippen LogP contribution >= 0.6 is 0 Å². The number of carbonyl (C=O) groups is 2. The van der Waals surface area contributed by atoms with Gasteiger partial charge in [0.1, 0.15) is 0 Å². The molecule has 21 heavy (non-hydrogen) atoms. The first-order chi connectivity index (χ1) is 10.2. The monoisotopic (exact) mass is 292 g/mol. The highest BCUT2D eigenvalue weighted by molar-refractivity contribution is 5.84. The molecule has 4 nitrogen and oxygen atoms in total. The number of rotatable bonds is 2. The molecular formula is C17H28N2O2. The van der Waals surface area contributed by atoms with Crippen molar-refractivity contribution in [3.05, 3.63) is 0 Å². The van der Waals surface area contributed by atoms with Crippen molar-refractivity contribution in [2.24, 2.45) is 17.8 Å². The summed E-state index contributed by atoms with van der Waals surface area (Å²) >= 11 is 0. The minimum Gasteiger partial charge on any atom is -0.342 e. The van der Waals surface area contributed by atoms with E-state index in [1.807, 2.05) is 4.90 Å². The molecular weight excluding hydrogens is 264 g/mol. The molecule has 3 aliphatic rings. The van der Waals surface area contributed by atoms with E-state index in [2.05, 4.69) is 11.8 Å². The van der Waals surface area contributed by atoms with Gasteiger partial charge in [-0.1, -0.05) is 19.8 Å². The predicted octanol–water partition coefficient (Wildman–Crippen LogP) is 2.28. The lowest BCUT2D eigenvalue weighted by atomic mass is 9.96. The molecule has 2 saturated heterocycles. The molecule has 0 unspecified atom stereocenters. The molecule has 3 atom stereocenters. The van der Waals surface area contributed by atoms with E-state index < -0.39 is 0 Å². The minimum absolute atomic E-state index is 0.0508. The summed E-state index contributed by atoms with van der Waals surface area (Å²) in [5, 5.41) is 0. The second-order valence-corrected chi connectivity index (χ2v) is 7.18. The van der Waals surface area contributed by atoms with Crippen LogP contribution in [0.15, 0.2) is 0 Å². The fraction of sp³-hybridized carbons (Fsp3) is 0.882. The normalized spacial score (nSPS) is 33.5. The molecule has 0 aromatic rings. The van der Waals surface area contributed by atoms with Gasteiger partial charge in [-0.15, -0.1) is 0 Å². The first kappa shape index (κ1) is 14.9. The van der Waals surface area contributed by atoms with E-state index in [0.29, 0.717) is 24.3 Å². The zero-order valence-corrected chi connectivity index (χ0v) is 13.2. The van der Waals surface area contributed by atoms with Crippen molar-refractivity contribution in [2.45, 2.75) is 51.9 Å². The summed E-state index contributed by atoms with van der Waals surface area (Å²) in [4.78, 5) is 29.1. The Morgan fingerprint density at radius 3 is 2.10 bits per heavy atom. The highest BCUT2D eigenvalue weighted by Crippen LogP contribution is 2.40. The van der Waals surface area contributed by atoms with Crippen molar-refractivity contribution in [1.29, 1.82) is 0 Å². The average molecular weight is 292 g/mol. The van der Waals surface area contributed by atoms with Crippen LogP contribution in [0.5, 0.6) is 0 Å². The summed E-state index contributed by atoms with van der Waals surface area (Å²) in [6.45, 7) is 5.50. The molecule has 3 fully saturated rings. The maximum Gasteiger partial charge on any atom is 0.227 e. The van der Waals surface area contributed by atoms with E-state index in [-0.39, 0.29) is 11.8 Å². The molecule has 0 aromatic carbocycles. The first-order valence-corrected chi connectivity index (χ1v) is 8.74. The summed E-state index contributed by atoms with van der Waals surface area (Å²) in [5.41, 5.74) is 0. The number of hydrogen-bond acceptors (Lipinski definition) is 2. The maximum absolute atomic E-state index is 12.7. The lowest BCUT2D eigenvalue weighted by Crippen LogP contribution is -2.47. The SMILES string of the molecule is C[C@@H]1C[C@@H]1C(=O)N1CCC[C@@H](C(=O)N2CCCCCC2)C1. The Balaban J connectivity index is 1.57. The van der Waals surface area contributed by atoms with Crippen LogP contribution in [-0.4, -0.2) is 47.8 Å². The van der Waals surface area contributed by atoms with Gasteiger partial charge in [-0.25, -0.2) is 0 Å². The van der Waals surface area contributed by atoms with Gasteiger partial charge in [-0.05, 0) is 38.0 Å². The summed E-state index contributed by atoms with van der Waals surface area (Å²) in [6.07, 6.45) is 7.76. The minimum atomic E-state index is 0.0508. The maximum atomic E-state index is 12.7. The van der Waals surface area contributed by atoms with Crippen molar-refractivity contribution < 1.29 is 9.59 Å². The Morgan fingerprint density at radius 2 is 1.48 bits per heavy atom. The lowest BCUT2D eigenvalue weighted by molar-refractivity contribution is -0.141. The molecule has 2 heterocycles. The van der Waals surface area contributed by atoms with Crippen molar-refractivity contribution in [1.82, 2.24) is 9.80 Å². The molecule has 2 aliphatic heterocycles. The molecule has 0 spiro atoms. The van der Waals surface area contributed by atoms with Gasteiger partial charge in [-0.3, -0.25) is 9.59 Å². The summed E-state index contributed by atoms with van der Waals surface area (Å²) in [5.74, 6) is 1.46. The Labute approximate surface area is 127 Å². The molecule has 1 saturated carbocycles. The number of carbonyl (C=O) groups excluding carboxylic acids is 2. The smallest absolute Gasteiger partial charge is 0.227 e. The van der Waals surface area contributed by atoms with Crippen LogP contribution in [0.4, 0.5) is 0 Å². The number of amides is 2. The molecule has 118 valence electrons. The first-order valence-electron chi connectivity index (χ1n) is 8.74. The van der Waals surface area contributed by atoms with Crippen LogP contribution in [0.1, 0.15) is 51.9 Å². The molecule has 0 N–H and O–H groups in total. The molecule has 3 rings (SSSR count). The number of piperidine rings is 1. The van der Waals surface area contributed by atoms with Gasteiger partial charge in [-0.2, -0.15) is 0 Å². The Bertz CT molecular complexity index is 402. The van der Waals surface area contributed by atoms with Gasteiger partial charge in [0, 0.05) is 32.1 Å². The van der Waals surface area contributed by atoms with Gasteiger partial charge < -0.3 is 9.80 Å². The number of likely N-dealkylation sites (tertiary alicyclic amines) is 2. The topological polar surface area (TPSA) is 40.6 Å². The van der Waals surface area contributed by atoms with Crippen LogP contribution in [-0.2, 0) is 9.59 Å². The average Bonchev–Trinajstić information content (AvgIpc) is 3.28. The molecule has 2 amide bonds. The van der Waals surface area contributed by atoms with Crippen molar-refractivity contribution in [3.8, 4) is 0 Å². The van der Waals surface area contributed by atoms with Crippen LogP contribution in [0.3, 0.4) is 0 Å². The largest absolute Gasteiger partial charge is 0.342 e. The van der Waals surface area contributed by atoms with Crippen molar-refractivity contribution in [2.75, 3.05) is 26.2 Å². The van der Waals surface area contributed by atoms with Crippen molar-refractivity contribution >= 4 is 11.8 Å². The fourth-order valence-corrected chi connectivity index (χ4v) is 3.83. The number of hydrogen-bond donors (Lipinski definition) is 0. The third-order valence-corrected chi connectivity index (χ3v) is 5.43. The van der Waals surface area contributed by atoms with Gasteiger partial charge >= 0.3 is 0 Å². The Kier molecular flexibility index (Phi) is 4.51. The van der Waals surface area contributed by atoms with Gasteiger partial charge in [0.25, 0.3) is 0 Å². The third-order valence-electron chi connectivity index (χ3n) is 5.43. The van der Waals surface area contributed by atoms with Crippen LogP contribution in [0, 0.1) is 17.8 Å². The van der Waals surface area contributed by atoms with E-state index >= 15 is 0 Å². The highest BCUT2D eigenvalue weighted by Gasteiger charge is 2.43. The lowest BCUT2D eigenvalue weighted by Gasteiger charge is -2.35. The molecule has 0 bridgehead atoms. The highest BCUT2D eigenvalue weighted by atomic mass is 16.2. The quantitative estimate of drug-likeness (QED) is 0.783. The molecule has 4 heteroatoms. The zero-order chi connectivity index (χ0) is 14.8. The van der Waals surface area contributed by atoms with Crippen LogP contribution < -0.4 is 0 Å². The summed E-state index contributed by atoms with van der Waals surface area (Å²) in [7, 11) is 0. The third kappa shape index (κ3) is 3.41.